The van der Waals surface area contributed by atoms with Crippen molar-refractivity contribution in [2.24, 2.45) is 7.05 Å². The summed E-state index contributed by atoms with van der Waals surface area (Å²) in [5.74, 6) is 1.88. The average molecular weight is 362 g/mol. The molecule has 1 atom stereocenters. The molecule has 1 aliphatic rings. The highest BCUT2D eigenvalue weighted by Gasteiger charge is 2.27. The Balaban J connectivity index is 0.00000182. The zero-order valence-corrected chi connectivity index (χ0v) is 15.6. The number of piperazine rings is 1. The number of fused-ring (bicyclic) bond motifs is 1. The van der Waals surface area contributed by atoms with Crippen LogP contribution in [-0.2, 0) is 13.6 Å². The molecule has 3 aromatic rings. The molecule has 1 fully saturated rings. The van der Waals surface area contributed by atoms with Gasteiger partial charge in [0.1, 0.15) is 5.82 Å². The third kappa shape index (κ3) is 3.27. The van der Waals surface area contributed by atoms with E-state index in [2.05, 4.69) is 54.2 Å². The summed E-state index contributed by atoms with van der Waals surface area (Å²) in [7, 11) is 2.06. The number of rotatable bonds is 3. The van der Waals surface area contributed by atoms with Crippen molar-refractivity contribution in [1.82, 2.24) is 34.1 Å². The van der Waals surface area contributed by atoms with Crippen LogP contribution in [0.3, 0.4) is 0 Å². The van der Waals surface area contributed by atoms with Crippen molar-refractivity contribution >= 4 is 18.2 Å². The quantitative estimate of drug-likeness (QED) is 0.768. The molecule has 0 bridgehead atoms. The van der Waals surface area contributed by atoms with Crippen LogP contribution in [0.1, 0.15) is 28.9 Å². The summed E-state index contributed by atoms with van der Waals surface area (Å²) in [6.45, 7) is 7.86. The number of aryl methyl sites for hydroxylation is 3. The lowest BCUT2D eigenvalue weighted by Crippen LogP contribution is -2.46. The molecule has 1 N–H and O–H groups in total. The van der Waals surface area contributed by atoms with Gasteiger partial charge in [-0.1, -0.05) is 0 Å². The Morgan fingerprint density at radius 1 is 1.28 bits per heavy atom. The first kappa shape index (κ1) is 17.8. The fraction of sp³-hybridized carbons (Fsp3) is 0.471. The molecule has 8 heteroatoms. The van der Waals surface area contributed by atoms with Crippen molar-refractivity contribution < 1.29 is 0 Å². The number of hydrogen-bond acceptors (Lipinski definition) is 5. The molecule has 1 aliphatic heterocycles. The van der Waals surface area contributed by atoms with Crippen LogP contribution in [0.5, 0.6) is 0 Å². The van der Waals surface area contributed by atoms with Crippen molar-refractivity contribution in [2.45, 2.75) is 26.4 Å². The largest absolute Gasteiger partial charge is 0.337 e. The van der Waals surface area contributed by atoms with Crippen molar-refractivity contribution in [2.75, 3.05) is 19.6 Å². The summed E-state index contributed by atoms with van der Waals surface area (Å²) in [6, 6.07) is 2.37. The van der Waals surface area contributed by atoms with E-state index in [0.717, 1.165) is 43.5 Å². The van der Waals surface area contributed by atoms with Crippen LogP contribution < -0.4 is 5.32 Å². The first-order valence-corrected chi connectivity index (χ1v) is 8.36. The zero-order chi connectivity index (χ0) is 16.7. The van der Waals surface area contributed by atoms with E-state index in [0.29, 0.717) is 0 Å². The van der Waals surface area contributed by atoms with Gasteiger partial charge in [-0.2, -0.15) is 0 Å². The van der Waals surface area contributed by atoms with Crippen LogP contribution in [0.4, 0.5) is 0 Å². The lowest BCUT2D eigenvalue weighted by atomic mass is 10.1. The van der Waals surface area contributed by atoms with Gasteiger partial charge in [-0.05, 0) is 19.9 Å². The molecule has 0 spiro atoms. The van der Waals surface area contributed by atoms with E-state index in [-0.39, 0.29) is 18.4 Å². The van der Waals surface area contributed by atoms with Gasteiger partial charge in [0.15, 0.2) is 0 Å². The Morgan fingerprint density at radius 3 is 2.88 bits per heavy atom. The number of imidazole rings is 2. The first-order valence-electron chi connectivity index (χ1n) is 8.36. The molecular formula is C17H24ClN7. The predicted molar refractivity (Wildman–Crippen MR) is 98.9 cm³/mol. The highest BCUT2D eigenvalue weighted by molar-refractivity contribution is 5.85. The number of hydrogen-bond donors (Lipinski definition) is 1. The Labute approximate surface area is 153 Å². The maximum Gasteiger partial charge on any atom is 0.234 e. The molecule has 0 amide bonds. The number of nitrogens with zero attached hydrogens (tertiary/aromatic N) is 6. The summed E-state index contributed by atoms with van der Waals surface area (Å²) in [6.07, 6.45) is 5.83. The molecule has 4 rings (SSSR count). The van der Waals surface area contributed by atoms with Crippen molar-refractivity contribution in [3.63, 3.8) is 0 Å². The third-order valence-corrected chi connectivity index (χ3v) is 4.74. The van der Waals surface area contributed by atoms with Gasteiger partial charge in [0.25, 0.3) is 0 Å². The van der Waals surface area contributed by atoms with E-state index in [9.17, 15) is 0 Å². The van der Waals surface area contributed by atoms with Crippen LogP contribution in [0.2, 0.25) is 0 Å². The van der Waals surface area contributed by atoms with Crippen LogP contribution in [0, 0.1) is 13.8 Å². The summed E-state index contributed by atoms with van der Waals surface area (Å²) in [5.41, 5.74) is 3.36. The fourth-order valence-electron chi connectivity index (χ4n) is 3.60. The van der Waals surface area contributed by atoms with Crippen LogP contribution in [-0.4, -0.2) is 48.5 Å². The van der Waals surface area contributed by atoms with Gasteiger partial charge in [0.05, 0.1) is 17.9 Å². The van der Waals surface area contributed by atoms with E-state index in [1.807, 2.05) is 25.5 Å². The lowest BCUT2D eigenvalue weighted by Gasteiger charge is -2.35. The van der Waals surface area contributed by atoms with Crippen LogP contribution in [0.25, 0.3) is 5.78 Å². The zero-order valence-electron chi connectivity index (χ0n) is 14.8. The van der Waals surface area contributed by atoms with Crippen molar-refractivity contribution in [1.29, 1.82) is 0 Å². The Bertz CT molecular complexity index is 869. The van der Waals surface area contributed by atoms with Gasteiger partial charge in [-0.3, -0.25) is 9.30 Å². The maximum absolute atomic E-state index is 4.56. The standard InChI is InChI=1S/C17H23N7.ClH/c1-12-8-13(2)24-14(9-20-17(24)21-12)11-23-7-4-18-10-15(23)16-19-5-6-22(16)3;/h5-6,8-9,15,18H,4,7,10-11H2,1-3H3;1H. The molecule has 3 aromatic heterocycles. The summed E-state index contributed by atoms with van der Waals surface area (Å²) < 4.78 is 4.26. The molecule has 0 aliphatic carbocycles. The molecule has 1 unspecified atom stereocenters. The summed E-state index contributed by atoms with van der Waals surface area (Å²) >= 11 is 0. The predicted octanol–water partition coefficient (Wildman–Crippen LogP) is 1.65. The maximum atomic E-state index is 4.56. The van der Waals surface area contributed by atoms with Gasteiger partial charge in [-0.15, -0.1) is 12.4 Å². The second-order valence-corrected chi connectivity index (χ2v) is 6.51. The highest BCUT2D eigenvalue weighted by Crippen LogP contribution is 2.23. The smallest absolute Gasteiger partial charge is 0.234 e. The molecule has 1 saturated heterocycles. The SMILES string of the molecule is Cc1cc(C)n2c(CN3CCNCC3c3nccn3C)cnc2n1.Cl. The minimum atomic E-state index is 0. The summed E-state index contributed by atoms with van der Waals surface area (Å²) in [5, 5.41) is 3.49. The molecule has 4 heterocycles. The van der Waals surface area contributed by atoms with E-state index < -0.39 is 0 Å². The van der Waals surface area contributed by atoms with Gasteiger partial charge in [0, 0.05) is 57.0 Å². The van der Waals surface area contributed by atoms with Crippen molar-refractivity contribution in [3.05, 3.63) is 47.6 Å². The number of halogens is 1. The van der Waals surface area contributed by atoms with Gasteiger partial charge >= 0.3 is 0 Å². The molecule has 25 heavy (non-hydrogen) atoms. The van der Waals surface area contributed by atoms with Crippen molar-refractivity contribution in [3.8, 4) is 0 Å². The van der Waals surface area contributed by atoms with E-state index >= 15 is 0 Å². The van der Waals surface area contributed by atoms with Crippen LogP contribution in [0.15, 0.2) is 24.7 Å². The Kier molecular flexibility index (Phi) is 5.08. The molecular weight excluding hydrogens is 338 g/mol. The molecule has 0 aromatic carbocycles. The van der Waals surface area contributed by atoms with Gasteiger partial charge < -0.3 is 9.88 Å². The second-order valence-electron chi connectivity index (χ2n) is 6.51. The molecule has 134 valence electrons. The van der Waals surface area contributed by atoms with E-state index in [1.54, 1.807) is 0 Å². The minimum Gasteiger partial charge on any atom is -0.337 e. The van der Waals surface area contributed by atoms with Crippen LogP contribution >= 0.6 is 12.4 Å². The monoisotopic (exact) mass is 361 g/mol. The first-order chi connectivity index (χ1) is 11.6. The lowest BCUT2D eigenvalue weighted by molar-refractivity contribution is 0.142. The normalized spacial score (nSPS) is 18.4. The van der Waals surface area contributed by atoms with Gasteiger partial charge in [-0.25, -0.2) is 15.0 Å². The molecule has 7 nitrogen and oxygen atoms in total. The Hall–Kier alpha value is -1.96. The van der Waals surface area contributed by atoms with Gasteiger partial charge in [0.2, 0.25) is 5.78 Å². The highest BCUT2D eigenvalue weighted by atomic mass is 35.5. The molecule has 0 radical (unpaired) electrons. The summed E-state index contributed by atoms with van der Waals surface area (Å²) in [4.78, 5) is 16.1. The Morgan fingerprint density at radius 2 is 2.12 bits per heavy atom. The third-order valence-electron chi connectivity index (χ3n) is 4.74. The number of nitrogens with one attached hydrogen (secondary N) is 1. The van der Waals surface area contributed by atoms with E-state index in [1.165, 1.54) is 11.4 Å². The van der Waals surface area contributed by atoms with E-state index in [4.69, 9.17) is 0 Å². The molecule has 0 saturated carbocycles. The second kappa shape index (κ2) is 7.11. The minimum absolute atomic E-state index is 0. The average Bonchev–Trinajstić information content (AvgIpc) is 3.14. The fourth-order valence-corrected chi connectivity index (χ4v) is 3.60. The number of aromatic nitrogens is 5. The topological polar surface area (TPSA) is 63.3 Å².